The maximum absolute atomic E-state index is 10.6. The van der Waals surface area contributed by atoms with Gasteiger partial charge in [-0.3, -0.25) is 0 Å². The summed E-state index contributed by atoms with van der Waals surface area (Å²) >= 11 is 0. The van der Waals surface area contributed by atoms with Crippen molar-refractivity contribution in [2.75, 3.05) is 0 Å². The lowest BCUT2D eigenvalue weighted by atomic mass is 11.2. The van der Waals surface area contributed by atoms with Crippen LogP contribution in [0.2, 0.25) is 0 Å². The van der Waals surface area contributed by atoms with Gasteiger partial charge in [-0.05, 0) is 0 Å². The van der Waals surface area contributed by atoms with Crippen LogP contribution >= 0.6 is 0 Å². The van der Waals surface area contributed by atoms with Crippen molar-refractivity contribution in [3.8, 4) is 0 Å². The lowest BCUT2D eigenvalue weighted by molar-refractivity contribution is 0.645. The fourth-order valence-electron chi connectivity index (χ4n) is 0. The lowest BCUT2D eigenvalue weighted by Crippen LogP contribution is -1.18. The van der Waals surface area contributed by atoms with Crippen molar-refractivity contribution in [3.63, 3.8) is 0 Å². The Hall–Kier alpha value is -0.400. The van der Waals surface area contributed by atoms with E-state index in [2.05, 4.69) is 0 Å². The molecule has 0 nitrogen and oxygen atoms in total. The van der Waals surface area contributed by atoms with E-state index in [1.54, 1.807) is 0 Å². The largest absolute Gasteiger partial charge is 0.213 e. The summed E-state index contributed by atoms with van der Waals surface area (Å²) in [4.78, 5) is 0. The molecule has 0 aliphatic rings. The molecule has 0 aromatic carbocycles. The molecule has 0 rings (SSSR count). The van der Waals surface area contributed by atoms with Gasteiger partial charge in [-0.2, -0.15) is 0 Å². The van der Waals surface area contributed by atoms with Crippen LogP contribution in [0.5, 0.6) is 0 Å². The predicted octanol–water partition coefficient (Wildman–Crippen LogP) is 1.40. The van der Waals surface area contributed by atoms with Crippen molar-refractivity contribution in [1.82, 2.24) is 0 Å². The number of hydrogen-bond donors (Lipinski definition) is 0. The first-order chi connectivity index (χ1) is 2.27. The molecule has 0 aliphatic heterocycles. The second-order valence-corrected chi connectivity index (χ2v) is 0.218. The topological polar surface area (TPSA) is 0 Å². The second kappa shape index (κ2) is 2.60. The van der Waals surface area contributed by atoms with Crippen LogP contribution in [0.1, 0.15) is 1.37 Å². The molecular weight excluding hydrogens is 62.0 g/mol. The van der Waals surface area contributed by atoms with Gasteiger partial charge in [0.15, 0.2) is 0 Å². The van der Waals surface area contributed by atoms with Crippen molar-refractivity contribution in [1.29, 1.82) is 0 Å². The van der Waals surface area contributed by atoms with Crippen LogP contribution in [0.25, 0.3) is 0 Å². The van der Waals surface area contributed by atoms with Gasteiger partial charge in [0.25, 0.3) is 0 Å². The molecule has 0 heterocycles. The fourth-order valence-corrected chi connectivity index (χ4v) is 0. The van der Waals surface area contributed by atoms with E-state index < -0.39 is 12.6 Å². The Morgan fingerprint density at radius 2 is 2.00 bits per heavy atom. The molecule has 0 saturated heterocycles. The molecule has 0 bridgehead atoms. The van der Waals surface area contributed by atoms with Crippen LogP contribution in [0.3, 0.4) is 0 Å². The zero-order valence-corrected chi connectivity index (χ0v) is 1.83. The summed E-state index contributed by atoms with van der Waals surface area (Å²) in [5.74, 6) is 0. The van der Waals surface area contributed by atoms with Gasteiger partial charge in [0, 0.05) is 0 Å². The molecule has 0 atom stereocenters. The molecule has 0 unspecified atom stereocenters. The van der Waals surface area contributed by atoms with Gasteiger partial charge in [0.05, 0.1) is 1.37 Å². The smallest absolute Gasteiger partial charge is 0.115 e. The minimum Gasteiger partial charge on any atom is -0.213 e. The van der Waals surface area contributed by atoms with Crippen LogP contribution in [-0.2, 0) is 0 Å². The third kappa shape index (κ3) is 1.60. The first-order valence-electron chi connectivity index (χ1n) is 1.20. The quantitative estimate of drug-likeness (QED) is 0.400. The first-order valence-corrected chi connectivity index (χ1v) is 0.696. The minimum absolute atomic E-state index is 0.417. The van der Waals surface area contributed by atoms with Gasteiger partial charge in [-0.15, -0.1) is 0 Å². The fraction of sp³-hybridized carbons (Fsp3) is 0. The number of halogens is 2. The van der Waals surface area contributed by atoms with Crippen LogP contribution in [0.15, 0.2) is 12.6 Å². The standard InChI is InChI=1S/C2H2F2/c3-1-2-4/h1-2H/b2-1-/i1D. The monoisotopic (exact) mass is 65.0 g/mol. The zero-order chi connectivity index (χ0) is 4.28. The van der Waals surface area contributed by atoms with E-state index >= 15 is 0 Å². The van der Waals surface area contributed by atoms with E-state index in [0.29, 0.717) is 0 Å². The molecule has 24 valence electrons. The van der Waals surface area contributed by atoms with Gasteiger partial charge < -0.3 is 0 Å². The minimum atomic E-state index is -1.54. The molecular formula is C2H2F2. The Morgan fingerprint density at radius 1 is 1.75 bits per heavy atom. The molecule has 0 aromatic heterocycles. The predicted molar refractivity (Wildman–Crippen MR) is 11.4 cm³/mol. The van der Waals surface area contributed by atoms with E-state index in [0.717, 1.165) is 0 Å². The van der Waals surface area contributed by atoms with Crippen molar-refractivity contribution in [2.24, 2.45) is 0 Å². The summed E-state index contributed by atoms with van der Waals surface area (Å²) in [6.45, 7) is 0. The van der Waals surface area contributed by atoms with Crippen molar-refractivity contribution in [3.05, 3.63) is 12.6 Å². The third-order valence-electron chi connectivity index (χ3n) is 0.0412. The van der Waals surface area contributed by atoms with Gasteiger partial charge in [-0.25, -0.2) is 8.78 Å². The lowest BCUT2D eigenvalue weighted by Gasteiger charge is -1.42. The van der Waals surface area contributed by atoms with Gasteiger partial charge in [-0.1, -0.05) is 0 Å². The molecule has 2 heteroatoms. The zero-order valence-electron chi connectivity index (χ0n) is 2.83. The Labute approximate surface area is 24.2 Å². The molecule has 0 radical (unpaired) electrons. The maximum atomic E-state index is 10.6. The van der Waals surface area contributed by atoms with Gasteiger partial charge in [0.2, 0.25) is 0 Å². The van der Waals surface area contributed by atoms with Crippen LogP contribution in [0, 0.1) is 0 Å². The summed E-state index contributed by atoms with van der Waals surface area (Å²) in [5, 5.41) is 0. The van der Waals surface area contributed by atoms with Crippen molar-refractivity contribution in [2.45, 2.75) is 0 Å². The summed E-state index contributed by atoms with van der Waals surface area (Å²) in [7, 11) is 0. The average molecular weight is 65.0 g/mol. The van der Waals surface area contributed by atoms with Crippen LogP contribution in [0.4, 0.5) is 8.78 Å². The van der Waals surface area contributed by atoms with Crippen LogP contribution in [-0.4, -0.2) is 0 Å². The number of rotatable bonds is 0. The summed E-state index contributed by atoms with van der Waals surface area (Å²) in [6.07, 6.45) is -1.95. The molecule has 0 spiro atoms. The average Bonchev–Trinajstić information content (AvgIpc) is 1.38. The molecule has 0 amide bonds. The molecule has 4 heavy (non-hydrogen) atoms. The number of hydrogen-bond acceptors (Lipinski definition) is 0. The normalized spacial score (nSPS) is 15.5. The molecule has 0 aliphatic carbocycles. The SMILES string of the molecule is [2H]/C(F)=C/F. The van der Waals surface area contributed by atoms with E-state index in [1.165, 1.54) is 0 Å². The molecule has 0 aromatic rings. The Bertz CT molecular complexity index is 45.6. The van der Waals surface area contributed by atoms with Gasteiger partial charge >= 0.3 is 0 Å². The summed E-state index contributed by atoms with van der Waals surface area (Å²) in [5.41, 5.74) is 0. The Kier molecular flexibility index (Phi) is 1.22. The highest BCUT2D eigenvalue weighted by atomic mass is 19.2. The summed E-state index contributed by atoms with van der Waals surface area (Å²) in [6, 6.07) is 0. The van der Waals surface area contributed by atoms with E-state index in [9.17, 15) is 8.78 Å². The first kappa shape index (κ1) is 1.88. The maximum Gasteiger partial charge on any atom is 0.115 e. The van der Waals surface area contributed by atoms with Crippen molar-refractivity contribution >= 4 is 0 Å². The highest BCUT2D eigenvalue weighted by Gasteiger charge is 1.43. The molecule has 0 saturated carbocycles. The summed E-state index contributed by atoms with van der Waals surface area (Å²) < 4.78 is 26.6. The van der Waals surface area contributed by atoms with Crippen molar-refractivity contribution < 1.29 is 10.2 Å². The van der Waals surface area contributed by atoms with E-state index in [-0.39, 0.29) is 0 Å². The third-order valence-corrected chi connectivity index (χ3v) is 0.0412. The molecule has 0 N–H and O–H groups in total. The Morgan fingerprint density at radius 3 is 2.00 bits per heavy atom. The van der Waals surface area contributed by atoms with E-state index in [4.69, 9.17) is 1.37 Å². The Balaban J connectivity index is 3.14. The van der Waals surface area contributed by atoms with Gasteiger partial charge in [0.1, 0.15) is 12.6 Å². The highest BCUT2D eigenvalue weighted by Crippen LogP contribution is 1.67. The highest BCUT2D eigenvalue weighted by molar-refractivity contribution is 4.51. The second-order valence-electron chi connectivity index (χ2n) is 0.218. The van der Waals surface area contributed by atoms with Crippen LogP contribution < -0.4 is 0 Å². The van der Waals surface area contributed by atoms with E-state index in [1.807, 2.05) is 0 Å². The molecule has 0 fully saturated rings.